The second-order valence-electron chi connectivity index (χ2n) is 9.11. The number of hydrogen-bond acceptors (Lipinski definition) is 13. The molecule has 1 aromatic carbocycles. The maximum atomic E-state index is 16.0. The SMILES string of the molecule is CC(C)OC(=O)[C@H](C)NSP(=O)(OC[C@@]1(F)O[C@@H](n2ccc(N)nc2=O)[C@](C)(N)[C@@H]1O)Oc1ccccc1. The normalized spacial score (nSPS) is 27.6. The van der Waals surface area contributed by atoms with E-state index in [0.717, 1.165) is 4.57 Å². The molecule has 0 spiro atoms. The second kappa shape index (κ2) is 11.7. The molecule has 2 heterocycles. The fraction of sp³-hybridized carbons (Fsp3) is 0.500. The molecular weight excluding hydrogens is 544 g/mol. The highest BCUT2D eigenvalue weighted by Gasteiger charge is 2.62. The highest BCUT2D eigenvalue weighted by Crippen LogP contribution is 2.60. The van der Waals surface area contributed by atoms with Gasteiger partial charge >= 0.3 is 18.5 Å². The Hall–Kier alpha value is -2.52. The Kier molecular flexibility index (Phi) is 9.24. The number of rotatable bonds is 11. The van der Waals surface area contributed by atoms with Crippen molar-refractivity contribution in [3.63, 3.8) is 0 Å². The Balaban J connectivity index is 1.81. The molecule has 1 saturated heterocycles. The molecule has 0 amide bonds. The van der Waals surface area contributed by atoms with Gasteiger partial charge in [0.2, 0.25) is 0 Å². The summed E-state index contributed by atoms with van der Waals surface area (Å²) in [5, 5.41) is 10.7. The Morgan fingerprint density at radius 1 is 1.34 bits per heavy atom. The van der Waals surface area contributed by atoms with Crippen LogP contribution < -0.4 is 26.4 Å². The first-order valence-electron chi connectivity index (χ1n) is 11.5. The molecule has 3 rings (SSSR count). The molecule has 2 aromatic rings. The molecule has 1 aliphatic heterocycles. The van der Waals surface area contributed by atoms with Gasteiger partial charge in [0.05, 0.1) is 23.2 Å². The van der Waals surface area contributed by atoms with E-state index in [4.69, 9.17) is 30.0 Å². The number of aromatic nitrogens is 2. The third-order valence-electron chi connectivity index (χ3n) is 5.37. The smallest absolute Gasteiger partial charge is 0.455 e. The van der Waals surface area contributed by atoms with Crippen LogP contribution in [0.25, 0.3) is 0 Å². The number of carbonyl (C=O) groups excluding carboxylic acids is 1. The summed E-state index contributed by atoms with van der Waals surface area (Å²) in [4.78, 5) is 28.0. The number of alkyl halides is 1. The van der Waals surface area contributed by atoms with Crippen LogP contribution in [0.1, 0.15) is 33.9 Å². The third kappa shape index (κ3) is 6.91. The number of nitrogens with one attached hydrogen (secondary N) is 1. The fourth-order valence-corrected chi connectivity index (χ4v) is 6.21. The van der Waals surface area contributed by atoms with Crippen molar-refractivity contribution in [2.24, 2.45) is 5.73 Å². The summed E-state index contributed by atoms with van der Waals surface area (Å²) in [6, 6.07) is 8.25. The number of ether oxygens (including phenoxy) is 2. The van der Waals surface area contributed by atoms with Gasteiger partial charge in [0.15, 0.2) is 6.23 Å². The van der Waals surface area contributed by atoms with Gasteiger partial charge in [-0.15, -0.1) is 0 Å². The summed E-state index contributed by atoms with van der Waals surface area (Å²) in [6.07, 6.45) is -2.74. The zero-order valence-corrected chi connectivity index (χ0v) is 22.9. The van der Waals surface area contributed by atoms with Crippen LogP contribution >= 0.6 is 18.4 Å². The Labute approximate surface area is 222 Å². The molecule has 6 N–H and O–H groups in total. The van der Waals surface area contributed by atoms with Crippen LogP contribution in [-0.4, -0.2) is 56.9 Å². The number of nitrogens with two attached hydrogens (primary N) is 2. The van der Waals surface area contributed by atoms with Crippen molar-refractivity contribution < 1.29 is 37.4 Å². The average molecular weight is 576 g/mol. The summed E-state index contributed by atoms with van der Waals surface area (Å²) in [7, 11) is 0. The van der Waals surface area contributed by atoms with Crippen molar-refractivity contribution >= 4 is 30.2 Å². The molecule has 1 unspecified atom stereocenters. The molecule has 6 atom stereocenters. The van der Waals surface area contributed by atoms with Crippen LogP contribution in [-0.2, 0) is 23.4 Å². The van der Waals surface area contributed by atoms with Crippen molar-refractivity contribution in [1.29, 1.82) is 0 Å². The average Bonchev–Trinajstić information content (AvgIpc) is 3.02. The number of nitrogens with zero attached hydrogens (tertiary/aromatic N) is 2. The molecule has 1 fully saturated rings. The van der Waals surface area contributed by atoms with E-state index in [1.54, 1.807) is 32.0 Å². The van der Waals surface area contributed by atoms with Crippen molar-refractivity contribution in [2.45, 2.75) is 63.6 Å². The van der Waals surface area contributed by atoms with E-state index in [0.29, 0.717) is 11.6 Å². The highest BCUT2D eigenvalue weighted by molar-refractivity contribution is 8.54. The molecule has 38 heavy (non-hydrogen) atoms. The van der Waals surface area contributed by atoms with Gasteiger partial charge in [0.25, 0.3) is 5.85 Å². The molecule has 1 aliphatic rings. The predicted octanol–water partition coefficient (Wildman–Crippen LogP) is 1.88. The quantitative estimate of drug-likeness (QED) is 0.173. The molecule has 0 saturated carbocycles. The van der Waals surface area contributed by atoms with E-state index in [1.807, 2.05) is 0 Å². The minimum Gasteiger partial charge on any atom is -0.462 e. The number of carbonyl (C=O) groups is 1. The van der Waals surface area contributed by atoms with Crippen molar-refractivity contribution in [1.82, 2.24) is 14.3 Å². The first-order chi connectivity index (χ1) is 17.7. The summed E-state index contributed by atoms with van der Waals surface area (Å²) in [6.45, 7) is 0.653. The number of esters is 1. The van der Waals surface area contributed by atoms with Gasteiger partial charge in [-0.05, 0) is 45.9 Å². The van der Waals surface area contributed by atoms with Crippen LogP contribution in [0.5, 0.6) is 5.75 Å². The maximum Gasteiger partial charge on any atom is 0.455 e. The number of halogens is 1. The van der Waals surface area contributed by atoms with Gasteiger partial charge in [0.1, 0.15) is 30.3 Å². The minimum atomic E-state index is -4.31. The highest BCUT2D eigenvalue weighted by atomic mass is 32.7. The van der Waals surface area contributed by atoms with E-state index in [2.05, 4.69) is 9.71 Å². The summed E-state index contributed by atoms with van der Waals surface area (Å²) in [5.74, 6) is -3.59. The topological polar surface area (TPSA) is 190 Å². The van der Waals surface area contributed by atoms with E-state index in [9.17, 15) is 19.3 Å². The van der Waals surface area contributed by atoms with Crippen LogP contribution in [0.3, 0.4) is 0 Å². The standard InChI is InChI=1S/C22H31FN5O8PS/c1-13(2)34-17(29)14(3)27-38-37(32,36-15-8-6-5-7-9-15)33-12-22(23)18(30)21(4,25)19(35-22)28-11-10-16(24)26-20(28)31/h5-11,13-14,18-19,27,30H,12,25H2,1-4H3,(H2,24,26,31)/t14-,18-,19+,21+,22+,37?/m0/s1. The third-order valence-corrected chi connectivity index (χ3v) is 8.46. The van der Waals surface area contributed by atoms with Crippen LogP contribution in [0, 0.1) is 0 Å². The fourth-order valence-electron chi connectivity index (χ4n) is 3.43. The van der Waals surface area contributed by atoms with E-state index in [-0.39, 0.29) is 17.7 Å². The van der Waals surface area contributed by atoms with Gasteiger partial charge in [-0.2, -0.15) is 4.98 Å². The first-order valence-corrected chi connectivity index (χ1v) is 14.5. The summed E-state index contributed by atoms with van der Waals surface area (Å²) < 4.78 is 54.5. The van der Waals surface area contributed by atoms with Gasteiger partial charge in [-0.25, -0.2) is 18.5 Å². The van der Waals surface area contributed by atoms with Gasteiger partial charge in [-0.3, -0.25) is 13.9 Å². The summed E-state index contributed by atoms with van der Waals surface area (Å²) in [5.41, 5.74) is 8.93. The lowest BCUT2D eigenvalue weighted by atomic mass is 9.92. The van der Waals surface area contributed by atoms with Crippen LogP contribution in [0.4, 0.5) is 10.2 Å². The predicted molar refractivity (Wildman–Crippen MR) is 138 cm³/mol. The van der Waals surface area contributed by atoms with Crippen molar-refractivity contribution in [3.8, 4) is 5.75 Å². The number of anilines is 1. The van der Waals surface area contributed by atoms with Crippen LogP contribution in [0.2, 0.25) is 0 Å². The molecule has 0 radical (unpaired) electrons. The van der Waals surface area contributed by atoms with Gasteiger partial charge < -0.3 is 30.6 Å². The lowest BCUT2D eigenvalue weighted by Crippen LogP contribution is -2.55. The number of aliphatic hydroxyl groups excluding tert-OH is 1. The number of benzene rings is 1. The lowest BCUT2D eigenvalue weighted by Gasteiger charge is -2.29. The Morgan fingerprint density at radius 3 is 2.61 bits per heavy atom. The number of aliphatic hydroxyl groups is 1. The Morgan fingerprint density at radius 2 is 2.00 bits per heavy atom. The zero-order valence-electron chi connectivity index (χ0n) is 21.1. The minimum absolute atomic E-state index is 0.0756. The monoisotopic (exact) mass is 575 g/mol. The van der Waals surface area contributed by atoms with Crippen molar-refractivity contribution in [2.75, 3.05) is 12.3 Å². The molecule has 16 heteroatoms. The largest absolute Gasteiger partial charge is 0.462 e. The van der Waals surface area contributed by atoms with Crippen LogP contribution in [0.15, 0.2) is 47.4 Å². The first kappa shape index (κ1) is 30.0. The lowest BCUT2D eigenvalue weighted by molar-refractivity contribution is -0.203. The number of para-hydroxylation sites is 1. The van der Waals surface area contributed by atoms with E-state index in [1.165, 1.54) is 38.2 Å². The van der Waals surface area contributed by atoms with Gasteiger partial charge in [-0.1, -0.05) is 18.2 Å². The van der Waals surface area contributed by atoms with E-state index < -0.39 is 54.8 Å². The molecular formula is C22H31FN5O8PS. The van der Waals surface area contributed by atoms with E-state index >= 15 is 4.39 Å². The molecule has 0 bridgehead atoms. The van der Waals surface area contributed by atoms with Gasteiger partial charge in [0, 0.05) is 6.20 Å². The second-order valence-corrected chi connectivity index (χ2v) is 12.8. The van der Waals surface area contributed by atoms with Crippen molar-refractivity contribution in [3.05, 3.63) is 53.1 Å². The molecule has 0 aliphatic carbocycles. The number of hydrogen-bond donors (Lipinski definition) is 4. The molecule has 13 nitrogen and oxygen atoms in total. The summed E-state index contributed by atoms with van der Waals surface area (Å²) >= 11 is 0.413. The maximum absolute atomic E-state index is 16.0. The zero-order chi connectivity index (χ0) is 28.3. The Bertz CT molecular complexity index is 1240. The number of nitrogen functional groups attached to an aromatic ring is 1. The molecule has 210 valence electrons. The molecule has 1 aromatic heterocycles.